The number of likely N-dealkylation sites (N-methyl/N-ethyl adjacent to an activating group) is 1. The van der Waals surface area contributed by atoms with Crippen LogP contribution in [0.25, 0.3) is 10.9 Å². The van der Waals surface area contributed by atoms with Gasteiger partial charge in [-0.3, -0.25) is 14.3 Å². The average Bonchev–Trinajstić information content (AvgIpc) is 3.10. The van der Waals surface area contributed by atoms with Crippen molar-refractivity contribution in [2.24, 2.45) is 0 Å². The Morgan fingerprint density at radius 1 is 1.28 bits per heavy atom. The quantitative estimate of drug-likeness (QED) is 0.594. The molecule has 0 aliphatic heterocycles. The fourth-order valence-electron chi connectivity index (χ4n) is 2.87. The predicted molar refractivity (Wildman–Crippen MR) is 109 cm³/mol. The van der Waals surface area contributed by atoms with Gasteiger partial charge in [0.2, 0.25) is 17.7 Å². The number of hydrogen-bond acceptors (Lipinski definition) is 6. The number of halogens is 3. The van der Waals surface area contributed by atoms with E-state index < -0.39 is 18.7 Å². The van der Waals surface area contributed by atoms with Crippen LogP contribution in [-0.2, 0) is 16.1 Å². The molecule has 2 amide bonds. The molecule has 0 aliphatic carbocycles. The molecule has 0 aliphatic rings. The number of carbonyl (C=O) groups excluding carboxylic acids is 2. The normalized spacial score (nSPS) is 11.4. The van der Waals surface area contributed by atoms with Gasteiger partial charge in [0.1, 0.15) is 5.82 Å². The molecule has 12 heteroatoms. The summed E-state index contributed by atoms with van der Waals surface area (Å²) in [5.74, 6) is -0.412. The summed E-state index contributed by atoms with van der Waals surface area (Å²) < 4.78 is 43.3. The Morgan fingerprint density at radius 2 is 2.03 bits per heavy atom. The third kappa shape index (κ3) is 5.93. The number of anilines is 1. The molecule has 3 aromatic rings. The maximum absolute atomic E-state index is 12.3. The Kier molecular flexibility index (Phi) is 6.61. The second-order valence-corrected chi connectivity index (χ2v) is 7.21. The molecule has 0 unspecified atom stereocenters. The van der Waals surface area contributed by atoms with E-state index in [0.29, 0.717) is 34.4 Å². The zero-order valence-electron chi connectivity index (χ0n) is 17.6. The minimum Gasteiger partial charge on any atom is -0.468 e. The van der Waals surface area contributed by atoms with Crippen molar-refractivity contribution in [1.82, 2.24) is 24.6 Å². The fourth-order valence-corrected chi connectivity index (χ4v) is 2.87. The third-order valence-electron chi connectivity index (χ3n) is 4.46. The number of carbonyl (C=O) groups is 2. The number of rotatable bonds is 7. The Labute approximate surface area is 181 Å². The van der Waals surface area contributed by atoms with Crippen LogP contribution in [-0.4, -0.2) is 62.8 Å². The van der Waals surface area contributed by atoms with Crippen LogP contribution in [0.3, 0.4) is 0 Å². The minimum absolute atomic E-state index is 0.0820. The van der Waals surface area contributed by atoms with Crippen molar-refractivity contribution in [1.29, 1.82) is 0 Å². The Hall–Kier alpha value is -3.70. The lowest BCUT2D eigenvalue weighted by atomic mass is 10.2. The van der Waals surface area contributed by atoms with Crippen molar-refractivity contribution in [2.45, 2.75) is 26.6 Å². The summed E-state index contributed by atoms with van der Waals surface area (Å²) in [7, 11) is 1.52. The number of pyridine rings is 2. The summed E-state index contributed by atoms with van der Waals surface area (Å²) in [4.78, 5) is 32.9. The highest BCUT2D eigenvalue weighted by molar-refractivity contribution is 6.00. The molecule has 1 N–H and O–H groups in total. The molecule has 0 saturated heterocycles. The van der Waals surface area contributed by atoms with Gasteiger partial charge in [-0.25, -0.2) is 9.97 Å². The van der Waals surface area contributed by atoms with Crippen molar-refractivity contribution >= 4 is 28.5 Å². The van der Waals surface area contributed by atoms with E-state index in [1.807, 2.05) is 0 Å². The predicted octanol–water partition coefficient (Wildman–Crippen LogP) is 2.54. The maximum Gasteiger partial charge on any atom is 0.422 e. The number of nitrogens with one attached hydrogen (secondary N) is 1. The van der Waals surface area contributed by atoms with Crippen LogP contribution in [0, 0.1) is 6.92 Å². The second-order valence-electron chi connectivity index (χ2n) is 7.21. The van der Waals surface area contributed by atoms with Gasteiger partial charge in [-0.1, -0.05) is 0 Å². The van der Waals surface area contributed by atoms with Crippen LogP contribution < -0.4 is 10.1 Å². The Bertz CT molecular complexity index is 1150. The van der Waals surface area contributed by atoms with Crippen LogP contribution in [0.15, 0.2) is 30.7 Å². The number of amides is 2. The average molecular weight is 450 g/mol. The van der Waals surface area contributed by atoms with Gasteiger partial charge in [0.15, 0.2) is 6.61 Å². The van der Waals surface area contributed by atoms with Gasteiger partial charge >= 0.3 is 6.18 Å². The molecule has 3 rings (SSSR count). The van der Waals surface area contributed by atoms with Crippen LogP contribution in [0.5, 0.6) is 5.88 Å². The summed E-state index contributed by atoms with van der Waals surface area (Å²) in [5, 5.41) is 7.71. The van der Waals surface area contributed by atoms with Crippen molar-refractivity contribution in [3.8, 4) is 5.88 Å². The van der Waals surface area contributed by atoms with E-state index in [0.717, 1.165) is 0 Å². The van der Waals surface area contributed by atoms with E-state index in [1.165, 1.54) is 31.3 Å². The standard InChI is InChI=1S/C20H21F3N6O3/c1-12-6-14(7-25-19(12)32-11-20(21,22)23)8-29-9-15-16(27-29)4-5-24-18(15)26-17(31)10-28(3)13(2)30/h4-7,9H,8,10-11H2,1-3H3,(H,24,26,31). The molecule has 0 fully saturated rings. The molecule has 0 saturated carbocycles. The summed E-state index contributed by atoms with van der Waals surface area (Å²) in [6.07, 6.45) is 0.173. The SMILES string of the molecule is CC(=O)N(C)CC(=O)Nc1nccc2nn(Cc3cnc(OCC(F)(F)F)c(C)c3)cc12. The van der Waals surface area contributed by atoms with E-state index in [9.17, 15) is 22.8 Å². The third-order valence-corrected chi connectivity index (χ3v) is 4.46. The molecular formula is C20H21F3N6O3. The molecule has 0 bridgehead atoms. The van der Waals surface area contributed by atoms with Crippen molar-refractivity contribution in [3.63, 3.8) is 0 Å². The van der Waals surface area contributed by atoms with Crippen LogP contribution in [0.1, 0.15) is 18.1 Å². The molecule has 0 radical (unpaired) electrons. The van der Waals surface area contributed by atoms with Gasteiger partial charge in [-0.05, 0) is 24.6 Å². The number of nitrogens with zero attached hydrogens (tertiary/aromatic N) is 5. The lowest BCUT2D eigenvalue weighted by Gasteiger charge is -2.14. The first-order valence-corrected chi connectivity index (χ1v) is 9.50. The second kappa shape index (κ2) is 9.20. The zero-order valence-corrected chi connectivity index (χ0v) is 17.6. The van der Waals surface area contributed by atoms with E-state index in [4.69, 9.17) is 4.74 Å². The fraction of sp³-hybridized carbons (Fsp3) is 0.350. The largest absolute Gasteiger partial charge is 0.468 e. The summed E-state index contributed by atoms with van der Waals surface area (Å²) in [5.41, 5.74) is 1.76. The molecule has 32 heavy (non-hydrogen) atoms. The Morgan fingerprint density at radius 3 is 2.69 bits per heavy atom. The number of aromatic nitrogens is 4. The molecular weight excluding hydrogens is 429 g/mol. The molecule has 0 atom stereocenters. The zero-order chi connectivity index (χ0) is 23.5. The highest BCUT2D eigenvalue weighted by Crippen LogP contribution is 2.22. The Balaban J connectivity index is 1.74. The van der Waals surface area contributed by atoms with E-state index in [2.05, 4.69) is 20.4 Å². The van der Waals surface area contributed by atoms with Gasteiger partial charge in [-0.15, -0.1) is 0 Å². The maximum atomic E-state index is 12.3. The van der Waals surface area contributed by atoms with Crippen molar-refractivity contribution in [2.75, 3.05) is 25.5 Å². The topological polar surface area (TPSA) is 102 Å². The van der Waals surface area contributed by atoms with Crippen molar-refractivity contribution in [3.05, 3.63) is 41.9 Å². The van der Waals surface area contributed by atoms with Gasteiger partial charge in [-0.2, -0.15) is 18.3 Å². The molecule has 170 valence electrons. The number of hydrogen-bond donors (Lipinski definition) is 1. The first-order chi connectivity index (χ1) is 15.0. The number of fused-ring (bicyclic) bond motifs is 1. The smallest absolute Gasteiger partial charge is 0.422 e. The number of aryl methyl sites for hydroxylation is 1. The minimum atomic E-state index is -4.44. The number of alkyl halides is 3. The van der Waals surface area contributed by atoms with Gasteiger partial charge in [0.25, 0.3) is 0 Å². The lowest BCUT2D eigenvalue weighted by molar-refractivity contribution is -0.154. The van der Waals surface area contributed by atoms with Crippen LogP contribution in [0.2, 0.25) is 0 Å². The van der Waals surface area contributed by atoms with Gasteiger partial charge in [0.05, 0.1) is 24.0 Å². The molecule has 0 spiro atoms. The van der Waals surface area contributed by atoms with E-state index in [-0.39, 0.29) is 18.3 Å². The molecule has 3 aromatic heterocycles. The van der Waals surface area contributed by atoms with E-state index in [1.54, 1.807) is 29.9 Å². The molecule has 9 nitrogen and oxygen atoms in total. The van der Waals surface area contributed by atoms with E-state index >= 15 is 0 Å². The highest BCUT2D eigenvalue weighted by Gasteiger charge is 2.29. The van der Waals surface area contributed by atoms with Gasteiger partial charge in [0, 0.05) is 38.1 Å². The summed E-state index contributed by atoms with van der Waals surface area (Å²) >= 11 is 0. The monoisotopic (exact) mass is 450 g/mol. The lowest BCUT2D eigenvalue weighted by Crippen LogP contribution is -2.33. The van der Waals surface area contributed by atoms with Gasteiger partial charge < -0.3 is 15.0 Å². The molecule has 3 heterocycles. The van der Waals surface area contributed by atoms with Crippen LogP contribution in [0.4, 0.5) is 19.0 Å². The van der Waals surface area contributed by atoms with Crippen LogP contribution >= 0.6 is 0 Å². The number of ether oxygens (including phenoxy) is 1. The first kappa shape index (κ1) is 23.0. The first-order valence-electron chi connectivity index (χ1n) is 9.50. The molecule has 0 aromatic carbocycles. The summed E-state index contributed by atoms with van der Waals surface area (Å²) in [6.45, 7) is 1.74. The highest BCUT2D eigenvalue weighted by atomic mass is 19.4. The van der Waals surface area contributed by atoms with Crippen molar-refractivity contribution < 1.29 is 27.5 Å². The summed E-state index contributed by atoms with van der Waals surface area (Å²) in [6, 6.07) is 3.35.